The average molecular weight is 246 g/mol. The highest BCUT2D eigenvalue weighted by Gasteiger charge is 2.11. The fourth-order valence-electron chi connectivity index (χ4n) is 1.69. The molecule has 0 aromatic heterocycles. The maximum absolute atomic E-state index is 13.9. The number of halogens is 2. The van der Waals surface area contributed by atoms with Gasteiger partial charge in [-0.25, -0.2) is 4.39 Å². The second-order valence-corrected chi connectivity index (χ2v) is 4.15. The Bertz CT molecular complexity index is 614. The summed E-state index contributed by atoms with van der Waals surface area (Å²) in [6.45, 7) is 1.87. The van der Waals surface area contributed by atoms with Crippen molar-refractivity contribution in [2.45, 2.75) is 6.92 Å². The molecule has 0 N–H and O–H groups in total. The van der Waals surface area contributed by atoms with E-state index in [4.69, 9.17) is 16.9 Å². The molecule has 1 nitrogen and oxygen atoms in total. The van der Waals surface area contributed by atoms with Crippen LogP contribution in [0.3, 0.4) is 0 Å². The van der Waals surface area contributed by atoms with Crippen LogP contribution in [0.1, 0.15) is 11.1 Å². The fraction of sp³-hybridized carbons (Fsp3) is 0.0714. The summed E-state index contributed by atoms with van der Waals surface area (Å²) in [5.41, 5.74) is 2.53. The summed E-state index contributed by atoms with van der Waals surface area (Å²) in [7, 11) is 0. The van der Waals surface area contributed by atoms with Crippen LogP contribution in [0, 0.1) is 24.1 Å². The smallest absolute Gasteiger partial charge is 0.149 e. The lowest BCUT2D eigenvalue weighted by atomic mass is 9.98. The van der Waals surface area contributed by atoms with E-state index >= 15 is 0 Å². The van der Waals surface area contributed by atoms with Gasteiger partial charge in [0.15, 0.2) is 0 Å². The van der Waals surface area contributed by atoms with Crippen LogP contribution >= 0.6 is 11.6 Å². The van der Waals surface area contributed by atoms with Gasteiger partial charge in [0.2, 0.25) is 0 Å². The first-order valence-electron chi connectivity index (χ1n) is 5.08. The summed E-state index contributed by atoms with van der Waals surface area (Å²) in [4.78, 5) is 0. The molecule has 0 atom stereocenters. The molecule has 0 aliphatic heterocycles. The first kappa shape index (κ1) is 11.6. The Morgan fingerprint density at radius 3 is 2.65 bits per heavy atom. The highest BCUT2D eigenvalue weighted by molar-refractivity contribution is 6.31. The largest absolute Gasteiger partial charge is 0.205 e. The molecule has 0 amide bonds. The van der Waals surface area contributed by atoms with Crippen LogP contribution in [-0.2, 0) is 0 Å². The lowest BCUT2D eigenvalue weighted by molar-refractivity contribution is 0.631. The van der Waals surface area contributed by atoms with Crippen molar-refractivity contribution >= 4 is 11.6 Å². The van der Waals surface area contributed by atoms with Gasteiger partial charge in [-0.3, -0.25) is 0 Å². The van der Waals surface area contributed by atoms with Crippen LogP contribution in [-0.4, -0.2) is 0 Å². The lowest BCUT2D eigenvalue weighted by Crippen LogP contribution is -1.90. The summed E-state index contributed by atoms with van der Waals surface area (Å²) < 4.78 is 13.9. The molecule has 17 heavy (non-hydrogen) atoms. The summed E-state index contributed by atoms with van der Waals surface area (Å²) in [6, 6.07) is 12.1. The van der Waals surface area contributed by atoms with E-state index < -0.39 is 5.82 Å². The molecule has 0 aliphatic carbocycles. The molecule has 0 radical (unpaired) electrons. The first-order chi connectivity index (χ1) is 8.13. The molecule has 0 saturated carbocycles. The van der Waals surface area contributed by atoms with Crippen LogP contribution < -0.4 is 0 Å². The van der Waals surface area contributed by atoms with Crippen LogP contribution in [0.15, 0.2) is 36.4 Å². The number of rotatable bonds is 1. The monoisotopic (exact) mass is 245 g/mol. The predicted molar refractivity (Wildman–Crippen MR) is 66.3 cm³/mol. The Morgan fingerprint density at radius 1 is 1.18 bits per heavy atom. The average Bonchev–Trinajstić information content (AvgIpc) is 2.34. The first-order valence-corrected chi connectivity index (χ1v) is 5.46. The number of benzene rings is 2. The van der Waals surface area contributed by atoms with Gasteiger partial charge in [0, 0.05) is 5.56 Å². The van der Waals surface area contributed by atoms with Crippen LogP contribution in [0.25, 0.3) is 11.1 Å². The molecule has 2 rings (SSSR count). The standard InChI is InChI=1S/C14H9ClFN/c1-9-5-6-10(8-17)7-12(9)11-3-2-4-13(15)14(11)16/h2-7H,1H3. The SMILES string of the molecule is Cc1ccc(C#N)cc1-c1cccc(Cl)c1F. The van der Waals surface area contributed by atoms with Gasteiger partial charge in [0.05, 0.1) is 16.7 Å². The van der Waals surface area contributed by atoms with Crippen molar-refractivity contribution < 1.29 is 4.39 Å². The second kappa shape index (κ2) is 4.57. The third-order valence-corrected chi connectivity index (χ3v) is 2.90. The molecule has 84 valence electrons. The fourth-order valence-corrected chi connectivity index (χ4v) is 1.87. The number of nitrogens with zero attached hydrogens (tertiary/aromatic N) is 1. The van der Waals surface area contributed by atoms with Crippen LogP contribution in [0.4, 0.5) is 4.39 Å². The van der Waals surface area contributed by atoms with Crippen molar-refractivity contribution in [3.05, 3.63) is 58.4 Å². The molecule has 3 heteroatoms. The molecule has 2 aromatic rings. The van der Waals surface area contributed by atoms with Crippen molar-refractivity contribution in [1.82, 2.24) is 0 Å². The van der Waals surface area contributed by atoms with Gasteiger partial charge < -0.3 is 0 Å². The Hall–Kier alpha value is -1.85. The van der Waals surface area contributed by atoms with Gasteiger partial charge >= 0.3 is 0 Å². The Balaban J connectivity index is 2.68. The van der Waals surface area contributed by atoms with E-state index in [9.17, 15) is 4.39 Å². The minimum absolute atomic E-state index is 0.0873. The topological polar surface area (TPSA) is 23.8 Å². The highest BCUT2D eigenvalue weighted by atomic mass is 35.5. The zero-order valence-corrected chi connectivity index (χ0v) is 9.92. The van der Waals surface area contributed by atoms with Gasteiger partial charge in [-0.05, 0) is 36.2 Å². The molecule has 2 aromatic carbocycles. The zero-order chi connectivity index (χ0) is 12.4. The maximum atomic E-state index is 13.9. The number of hydrogen-bond donors (Lipinski definition) is 0. The van der Waals surface area contributed by atoms with Gasteiger partial charge in [-0.1, -0.05) is 29.8 Å². The van der Waals surface area contributed by atoms with Crippen molar-refractivity contribution in [2.24, 2.45) is 0 Å². The van der Waals surface area contributed by atoms with E-state index in [1.807, 2.05) is 13.0 Å². The van der Waals surface area contributed by atoms with Crippen molar-refractivity contribution in [1.29, 1.82) is 5.26 Å². The van der Waals surface area contributed by atoms with Gasteiger partial charge in [0.1, 0.15) is 5.82 Å². The molecule has 0 fully saturated rings. The second-order valence-electron chi connectivity index (χ2n) is 3.74. The number of nitriles is 1. The van der Waals surface area contributed by atoms with Gasteiger partial charge in [-0.2, -0.15) is 5.26 Å². The van der Waals surface area contributed by atoms with E-state index in [0.29, 0.717) is 16.7 Å². The van der Waals surface area contributed by atoms with E-state index in [0.717, 1.165) is 5.56 Å². The number of hydrogen-bond acceptors (Lipinski definition) is 1. The third kappa shape index (κ3) is 2.15. The Kier molecular flexibility index (Phi) is 3.12. The molecule has 0 saturated heterocycles. The Morgan fingerprint density at radius 2 is 1.94 bits per heavy atom. The van der Waals surface area contributed by atoms with Crippen molar-refractivity contribution in [3.8, 4) is 17.2 Å². The molecule has 0 aliphatic rings. The van der Waals surface area contributed by atoms with Crippen molar-refractivity contribution in [3.63, 3.8) is 0 Å². The minimum atomic E-state index is -0.452. The Labute approximate surface area is 104 Å². The predicted octanol–water partition coefficient (Wildman–Crippen LogP) is 4.33. The normalized spacial score (nSPS) is 10.0. The molecule has 0 bridgehead atoms. The van der Waals surface area contributed by atoms with Crippen molar-refractivity contribution in [2.75, 3.05) is 0 Å². The summed E-state index contributed by atoms with van der Waals surface area (Å²) in [6.07, 6.45) is 0. The minimum Gasteiger partial charge on any atom is -0.205 e. The van der Waals surface area contributed by atoms with Gasteiger partial charge in [-0.15, -0.1) is 0 Å². The molecule has 0 heterocycles. The molecule has 0 spiro atoms. The van der Waals surface area contributed by atoms with E-state index in [1.165, 1.54) is 6.07 Å². The highest BCUT2D eigenvalue weighted by Crippen LogP contribution is 2.30. The van der Waals surface area contributed by atoms with E-state index in [1.54, 1.807) is 30.3 Å². The molecular formula is C14H9ClFN. The molecular weight excluding hydrogens is 237 g/mol. The zero-order valence-electron chi connectivity index (χ0n) is 9.17. The summed E-state index contributed by atoms with van der Waals surface area (Å²) in [5, 5.41) is 8.94. The van der Waals surface area contributed by atoms with Crippen LogP contribution in [0.2, 0.25) is 5.02 Å². The van der Waals surface area contributed by atoms with Gasteiger partial charge in [0.25, 0.3) is 0 Å². The molecule has 0 unspecified atom stereocenters. The van der Waals surface area contributed by atoms with E-state index in [-0.39, 0.29) is 5.02 Å². The quantitative estimate of drug-likeness (QED) is 0.734. The summed E-state index contributed by atoms with van der Waals surface area (Å²) in [5.74, 6) is -0.452. The van der Waals surface area contributed by atoms with Crippen LogP contribution in [0.5, 0.6) is 0 Å². The third-order valence-electron chi connectivity index (χ3n) is 2.61. The summed E-state index contributed by atoms with van der Waals surface area (Å²) >= 11 is 5.75. The lowest BCUT2D eigenvalue weighted by Gasteiger charge is -2.08. The number of aryl methyl sites for hydroxylation is 1. The van der Waals surface area contributed by atoms with E-state index in [2.05, 4.69) is 0 Å². The maximum Gasteiger partial charge on any atom is 0.149 e.